The van der Waals surface area contributed by atoms with Crippen molar-refractivity contribution in [2.75, 3.05) is 6.54 Å². The van der Waals surface area contributed by atoms with E-state index in [0.717, 1.165) is 53.0 Å². The zero-order valence-electron chi connectivity index (χ0n) is 32.0. The molecule has 15 heteroatoms. The molecule has 5 atom stereocenters. The Balaban J connectivity index is 1.08. The van der Waals surface area contributed by atoms with Gasteiger partial charge < -0.3 is 20.7 Å². The smallest absolute Gasteiger partial charge is 0.297 e. The Bertz CT molecular complexity index is 2120. The van der Waals surface area contributed by atoms with Crippen molar-refractivity contribution in [1.29, 1.82) is 0 Å². The Kier molecular flexibility index (Phi) is 10.1. The van der Waals surface area contributed by atoms with Gasteiger partial charge in [0.05, 0.1) is 28.5 Å². The number of thiazole rings is 1. The van der Waals surface area contributed by atoms with Crippen LogP contribution in [0.1, 0.15) is 122 Å². The molecule has 0 bridgehead atoms. The zero-order valence-corrected chi connectivity index (χ0v) is 33.6. The number of benzene rings is 1. The van der Waals surface area contributed by atoms with Crippen molar-refractivity contribution in [3.63, 3.8) is 0 Å². The summed E-state index contributed by atoms with van der Waals surface area (Å²) in [6, 6.07) is 4.65. The summed E-state index contributed by atoms with van der Waals surface area (Å²) in [5.41, 5.74) is 8.80. The van der Waals surface area contributed by atoms with Crippen molar-refractivity contribution < 1.29 is 27.5 Å². The molecule has 1 aromatic carbocycles. The molecule has 2 aromatic heterocycles. The molecule has 4 fully saturated rings. The number of para-hydroxylation sites is 1. The summed E-state index contributed by atoms with van der Waals surface area (Å²) in [6.45, 7) is 5.84. The molecule has 3 aromatic rings. The fourth-order valence-electron chi connectivity index (χ4n) is 8.66. The summed E-state index contributed by atoms with van der Waals surface area (Å²) in [7, 11) is -3.94. The average Bonchev–Trinajstić information content (AvgIpc) is 3.65. The molecule has 1 saturated heterocycles. The molecule has 0 radical (unpaired) electrons. The lowest BCUT2D eigenvalue weighted by atomic mass is 10.1. The van der Waals surface area contributed by atoms with Crippen LogP contribution in [0.25, 0.3) is 21.6 Å². The number of allylic oxidation sites excluding steroid dienone is 1. The van der Waals surface area contributed by atoms with Gasteiger partial charge in [0.15, 0.2) is 0 Å². The standard InChI is InChI=1S/C40H53N7O6S2/c1-24(2)47-31-17-11-15-28(35-42-30(23-54-35)25-12-9-10-13-25)33(31)43-38(47)53-27-20-32-34(48)44-40(37(50)45-55(51,52)39(3)18-19-39)21-26(40)14-7-5-4-6-8-16-29(41)36(49)46(32)22-27/h7,11,14-15,17,23-27,29,32H,4-6,8-10,12-13,16,18-22,41H2,1-3H3,(H,44,48)(H,45,50). The second-order valence-corrected chi connectivity index (χ2v) is 20.0. The minimum Gasteiger partial charge on any atom is -0.459 e. The molecule has 2 aliphatic heterocycles. The van der Waals surface area contributed by atoms with Crippen molar-refractivity contribution in [1.82, 2.24) is 29.5 Å². The number of hydrogen-bond acceptors (Lipinski definition) is 10. The van der Waals surface area contributed by atoms with E-state index in [2.05, 4.69) is 29.3 Å². The zero-order chi connectivity index (χ0) is 38.7. The van der Waals surface area contributed by atoms with Crippen LogP contribution < -0.4 is 20.5 Å². The van der Waals surface area contributed by atoms with Crippen LogP contribution in [0.2, 0.25) is 0 Å². The maximum Gasteiger partial charge on any atom is 0.297 e. The maximum absolute atomic E-state index is 14.3. The number of sulfonamides is 1. The van der Waals surface area contributed by atoms with Gasteiger partial charge in [0.2, 0.25) is 21.8 Å². The van der Waals surface area contributed by atoms with Gasteiger partial charge in [-0.3, -0.25) is 23.7 Å². The summed E-state index contributed by atoms with van der Waals surface area (Å²) < 4.78 is 36.3. The van der Waals surface area contributed by atoms with Gasteiger partial charge in [0.1, 0.15) is 28.2 Å². The molecule has 4 heterocycles. The largest absolute Gasteiger partial charge is 0.459 e. The van der Waals surface area contributed by atoms with Crippen molar-refractivity contribution in [3.8, 4) is 16.6 Å². The van der Waals surface area contributed by atoms with E-state index in [1.165, 1.54) is 30.6 Å². The Morgan fingerprint density at radius 2 is 1.85 bits per heavy atom. The van der Waals surface area contributed by atoms with E-state index >= 15 is 0 Å². The first-order valence-electron chi connectivity index (χ1n) is 20.1. The summed E-state index contributed by atoms with van der Waals surface area (Å²) in [5.74, 6) is -1.51. The van der Waals surface area contributed by atoms with Crippen LogP contribution in [-0.4, -0.2) is 80.6 Å². The summed E-state index contributed by atoms with van der Waals surface area (Å²) in [6.07, 6.45) is 13.2. The van der Waals surface area contributed by atoms with Gasteiger partial charge >= 0.3 is 0 Å². The first-order valence-corrected chi connectivity index (χ1v) is 22.4. The van der Waals surface area contributed by atoms with Crippen LogP contribution in [0.5, 0.6) is 6.01 Å². The van der Waals surface area contributed by atoms with Gasteiger partial charge in [-0.05, 0) is 84.3 Å². The van der Waals surface area contributed by atoms with E-state index in [-0.39, 0.29) is 37.3 Å². The molecular weight excluding hydrogens is 739 g/mol. The Hall–Kier alpha value is -3.82. The van der Waals surface area contributed by atoms with Crippen molar-refractivity contribution in [2.45, 2.75) is 145 Å². The highest BCUT2D eigenvalue weighted by Gasteiger charge is 2.63. The second kappa shape index (κ2) is 14.6. The van der Waals surface area contributed by atoms with Gasteiger partial charge in [-0.15, -0.1) is 11.3 Å². The first-order chi connectivity index (χ1) is 26.3. The molecule has 4 N–H and O–H groups in total. The number of rotatable bonds is 8. The molecule has 296 valence electrons. The van der Waals surface area contributed by atoms with Gasteiger partial charge in [0, 0.05) is 35.2 Å². The highest BCUT2D eigenvalue weighted by Crippen LogP contribution is 2.48. The van der Waals surface area contributed by atoms with Gasteiger partial charge in [-0.25, -0.2) is 13.4 Å². The number of fused-ring (bicyclic) bond motifs is 3. The number of ether oxygens (including phenoxy) is 1. The van der Waals surface area contributed by atoms with Crippen LogP contribution in [0.3, 0.4) is 0 Å². The van der Waals surface area contributed by atoms with Crippen molar-refractivity contribution >= 4 is 50.1 Å². The monoisotopic (exact) mass is 791 g/mol. The summed E-state index contributed by atoms with van der Waals surface area (Å²) in [5, 5.41) is 6.03. The number of carbonyl (C=O) groups excluding carboxylic acids is 3. The molecule has 13 nitrogen and oxygen atoms in total. The quantitative estimate of drug-likeness (QED) is 0.250. The third kappa shape index (κ3) is 7.20. The molecular formula is C40H53N7O6S2. The number of carbonyl (C=O) groups is 3. The number of amides is 3. The Morgan fingerprint density at radius 3 is 2.60 bits per heavy atom. The van der Waals surface area contributed by atoms with Crippen molar-refractivity contribution in [3.05, 3.63) is 41.4 Å². The van der Waals surface area contributed by atoms with Crippen LogP contribution >= 0.6 is 11.3 Å². The number of hydrogen-bond donors (Lipinski definition) is 3. The van der Waals surface area contributed by atoms with Crippen LogP contribution in [-0.2, 0) is 24.4 Å². The molecule has 55 heavy (non-hydrogen) atoms. The van der Waals surface area contributed by atoms with Gasteiger partial charge in [-0.2, -0.15) is 4.98 Å². The number of nitrogens with one attached hydrogen (secondary N) is 2. The SMILES string of the molecule is CC(C)n1c(OC2CC3C(=O)NC4(C(=O)NS(=O)(=O)C5(C)CC5)CC4C=CCCCCCC(N)C(=O)N3C2)nc2c(-c3nc(C4CCCC4)cs3)cccc21. The average molecular weight is 792 g/mol. The number of imidazole rings is 1. The molecule has 0 spiro atoms. The van der Waals surface area contributed by atoms with Gasteiger partial charge in [0.25, 0.3) is 11.9 Å². The number of aromatic nitrogens is 3. The van der Waals surface area contributed by atoms with Crippen LogP contribution in [0.15, 0.2) is 35.7 Å². The van der Waals surface area contributed by atoms with E-state index in [9.17, 15) is 22.8 Å². The van der Waals surface area contributed by atoms with E-state index in [0.29, 0.717) is 31.2 Å². The molecule has 3 amide bonds. The van der Waals surface area contributed by atoms with E-state index in [1.54, 1.807) is 18.3 Å². The van der Waals surface area contributed by atoms with Gasteiger partial charge in [-0.1, -0.05) is 43.9 Å². The normalized spacial score (nSPS) is 28.7. The lowest BCUT2D eigenvalue weighted by Crippen LogP contribution is -2.58. The fraction of sp³-hybridized carbons (Fsp3) is 0.625. The molecule has 8 rings (SSSR count). The predicted octanol–water partition coefficient (Wildman–Crippen LogP) is 5.47. The highest BCUT2D eigenvalue weighted by molar-refractivity contribution is 7.91. The highest BCUT2D eigenvalue weighted by atomic mass is 32.2. The molecule has 5 unspecified atom stereocenters. The first kappa shape index (κ1) is 38.1. The molecule has 3 saturated carbocycles. The minimum atomic E-state index is -3.94. The number of nitrogens with two attached hydrogens (primary N) is 1. The van der Waals surface area contributed by atoms with Crippen LogP contribution in [0.4, 0.5) is 0 Å². The number of nitrogens with zero attached hydrogens (tertiary/aromatic N) is 4. The Labute approximate surface area is 326 Å². The summed E-state index contributed by atoms with van der Waals surface area (Å²) >= 11 is 1.63. The third-order valence-electron chi connectivity index (χ3n) is 12.5. The van der Waals surface area contributed by atoms with E-state index in [4.69, 9.17) is 20.4 Å². The van der Waals surface area contributed by atoms with Crippen molar-refractivity contribution in [2.24, 2.45) is 11.7 Å². The second-order valence-electron chi connectivity index (χ2n) is 16.9. The Morgan fingerprint density at radius 1 is 1.09 bits per heavy atom. The third-order valence-corrected chi connectivity index (χ3v) is 15.6. The van der Waals surface area contributed by atoms with Crippen LogP contribution in [0, 0.1) is 5.92 Å². The lowest BCUT2D eigenvalue weighted by Gasteiger charge is -2.28. The maximum atomic E-state index is 14.3. The lowest BCUT2D eigenvalue weighted by molar-refractivity contribution is -0.140. The predicted molar refractivity (Wildman–Crippen MR) is 211 cm³/mol. The summed E-state index contributed by atoms with van der Waals surface area (Å²) in [4.78, 5) is 53.7. The molecule has 3 aliphatic carbocycles. The van der Waals surface area contributed by atoms with E-state index < -0.39 is 50.3 Å². The van der Waals surface area contributed by atoms with E-state index in [1.807, 2.05) is 34.9 Å². The minimum absolute atomic E-state index is 0.0155. The topological polar surface area (TPSA) is 179 Å². The fourth-order valence-corrected chi connectivity index (χ4v) is 10.9. The molecule has 5 aliphatic rings.